The van der Waals surface area contributed by atoms with E-state index >= 15 is 0 Å². The van der Waals surface area contributed by atoms with Crippen LogP contribution in [-0.4, -0.2) is 28.3 Å². The Morgan fingerprint density at radius 3 is 2.36 bits per heavy atom. The highest BCUT2D eigenvalue weighted by molar-refractivity contribution is 7.85. The Hall–Kier alpha value is 0.110. The third kappa shape index (κ3) is 3.35. The number of hydrogen-bond donors (Lipinski definition) is 1. The molecule has 0 aromatic rings. The smallest absolute Gasteiger partial charge is 0.0394 e. The second-order valence-corrected chi connectivity index (χ2v) is 6.35. The largest absolute Gasteiger partial charge is 0.316 e. The summed E-state index contributed by atoms with van der Waals surface area (Å²) >= 11 is 0. The van der Waals surface area contributed by atoms with E-state index < -0.39 is 10.8 Å². The Morgan fingerprint density at radius 1 is 1.36 bits per heavy atom. The summed E-state index contributed by atoms with van der Waals surface area (Å²) in [5.41, 5.74) is 0. The summed E-state index contributed by atoms with van der Waals surface area (Å²) in [4.78, 5) is 0. The minimum atomic E-state index is -0.608. The van der Waals surface area contributed by atoms with Crippen LogP contribution in [0.1, 0.15) is 39.5 Å². The molecule has 0 aliphatic heterocycles. The van der Waals surface area contributed by atoms with Gasteiger partial charge in [-0.15, -0.1) is 0 Å². The van der Waals surface area contributed by atoms with E-state index in [0.717, 1.165) is 5.75 Å². The molecule has 84 valence electrons. The van der Waals surface area contributed by atoms with Crippen molar-refractivity contribution in [2.45, 2.75) is 50.8 Å². The Labute approximate surface area is 90.3 Å². The Kier molecular flexibility index (Phi) is 5.10. The second-order valence-electron chi connectivity index (χ2n) is 4.59. The van der Waals surface area contributed by atoms with Gasteiger partial charge in [0.25, 0.3) is 0 Å². The van der Waals surface area contributed by atoms with E-state index in [9.17, 15) is 4.21 Å². The van der Waals surface area contributed by atoms with Gasteiger partial charge in [-0.2, -0.15) is 0 Å². The van der Waals surface area contributed by atoms with Crippen LogP contribution in [0, 0.1) is 5.92 Å². The van der Waals surface area contributed by atoms with Crippen LogP contribution in [0.4, 0.5) is 0 Å². The molecule has 3 heteroatoms. The maximum Gasteiger partial charge on any atom is 0.0394 e. The normalized spacial score (nSPS) is 22.9. The molecule has 0 radical (unpaired) electrons. The maximum atomic E-state index is 12.0. The van der Waals surface area contributed by atoms with Gasteiger partial charge in [0.1, 0.15) is 0 Å². The first-order valence-electron chi connectivity index (χ1n) is 5.69. The molecule has 0 saturated heterocycles. The quantitative estimate of drug-likeness (QED) is 0.762. The van der Waals surface area contributed by atoms with E-state index in [1.54, 1.807) is 0 Å². The molecule has 1 fully saturated rings. The summed E-state index contributed by atoms with van der Waals surface area (Å²) in [7, 11) is 1.36. The van der Waals surface area contributed by atoms with Crippen LogP contribution in [0.5, 0.6) is 0 Å². The third-order valence-electron chi connectivity index (χ3n) is 3.19. The first kappa shape index (κ1) is 12.2. The molecule has 14 heavy (non-hydrogen) atoms. The molecular weight excluding hydrogens is 194 g/mol. The lowest BCUT2D eigenvalue weighted by atomic mass is 10.1. The van der Waals surface area contributed by atoms with Gasteiger partial charge in [0.05, 0.1) is 0 Å². The van der Waals surface area contributed by atoms with Gasteiger partial charge in [0.2, 0.25) is 0 Å². The van der Waals surface area contributed by atoms with Crippen LogP contribution < -0.4 is 5.32 Å². The fourth-order valence-electron chi connectivity index (χ4n) is 2.07. The van der Waals surface area contributed by atoms with E-state index in [4.69, 9.17) is 0 Å². The predicted molar refractivity (Wildman–Crippen MR) is 63.0 cm³/mol. The Balaban J connectivity index is 2.37. The lowest BCUT2D eigenvalue weighted by Gasteiger charge is -2.21. The van der Waals surface area contributed by atoms with Crippen LogP contribution in [0.15, 0.2) is 0 Å². The van der Waals surface area contributed by atoms with Gasteiger partial charge in [-0.25, -0.2) is 0 Å². The summed E-state index contributed by atoms with van der Waals surface area (Å²) in [6.07, 6.45) is 4.92. The minimum absolute atomic E-state index is 0.413. The van der Waals surface area contributed by atoms with Crippen molar-refractivity contribution in [2.24, 2.45) is 5.92 Å². The van der Waals surface area contributed by atoms with Gasteiger partial charge >= 0.3 is 0 Å². The Bertz CT molecular complexity index is 188. The fourth-order valence-corrected chi connectivity index (χ4v) is 4.11. The maximum absolute atomic E-state index is 12.0. The van der Waals surface area contributed by atoms with Crippen molar-refractivity contribution in [3.8, 4) is 0 Å². The molecule has 1 aliphatic rings. The minimum Gasteiger partial charge on any atom is -0.316 e. The highest BCUT2D eigenvalue weighted by Crippen LogP contribution is 2.23. The molecule has 0 aromatic carbocycles. The van der Waals surface area contributed by atoms with Crippen LogP contribution in [0.2, 0.25) is 0 Å². The van der Waals surface area contributed by atoms with Gasteiger partial charge in [-0.3, -0.25) is 4.21 Å². The molecule has 2 nitrogen and oxygen atoms in total. The SMILES string of the molecule is CNC(CS(=O)C1CCCC1)C(C)C. The monoisotopic (exact) mass is 217 g/mol. The zero-order valence-corrected chi connectivity index (χ0v) is 10.4. The number of hydrogen-bond acceptors (Lipinski definition) is 2. The number of nitrogens with one attached hydrogen (secondary N) is 1. The van der Waals surface area contributed by atoms with Gasteiger partial charge in [-0.05, 0) is 25.8 Å². The van der Waals surface area contributed by atoms with E-state index in [2.05, 4.69) is 19.2 Å². The summed E-state index contributed by atoms with van der Waals surface area (Å²) in [5.74, 6) is 1.41. The van der Waals surface area contributed by atoms with Crippen LogP contribution >= 0.6 is 0 Å². The zero-order valence-electron chi connectivity index (χ0n) is 9.58. The van der Waals surface area contributed by atoms with Crippen LogP contribution in [0.25, 0.3) is 0 Å². The summed E-state index contributed by atoms with van der Waals surface area (Å²) in [6, 6.07) is 0.413. The van der Waals surface area contributed by atoms with E-state index in [0.29, 0.717) is 17.2 Å². The van der Waals surface area contributed by atoms with Gasteiger partial charge < -0.3 is 5.32 Å². The van der Waals surface area contributed by atoms with Crippen molar-refractivity contribution >= 4 is 10.8 Å². The summed E-state index contributed by atoms with van der Waals surface area (Å²) in [6.45, 7) is 4.38. The lowest BCUT2D eigenvalue weighted by Crippen LogP contribution is -2.37. The van der Waals surface area contributed by atoms with Crippen LogP contribution in [0.3, 0.4) is 0 Å². The molecule has 0 spiro atoms. The molecule has 1 saturated carbocycles. The molecule has 2 atom stereocenters. The first-order valence-corrected chi connectivity index (χ1v) is 7.07. The molecule has 1 N–H and O–H groups in total. The first-order chi connectivity index (χ1) is 6.65. The molecule has 0 bridgehead atoms. The van der Waals surface area contributed by atoms with E-state index in [-0.39, 0.29) is 0 Å². The van der Waals surface area contributed by atoms with Crippen molar-refractivity contribution in [2.75, 3.05) is 12.8 Å². The highest BCUT2D eigenvalue weighted by atomic mass is 32.2. The number of rotatable bonds is 5. The third-order valence-corrected chi connectivity index (χ3v) is 5.10. The topological polar surface area (TPSA) is 29.1 Å². The highest BCUT2D eigenvalue weighted by Gasteiger charge is 2.24. The van der Waals surface area contributed by atoms with E-state index in [1.807, 2.05) is 7.05 Å². The van der Waals surface area contributed by atoms with Gasteiger partial charge in [0, 0.05) is 27.8 Å². The molecule has 0 heterocycles. The van der Waals surface area contributed by atoms with E-state index in [1.165, 1.54) is 25.7 Å². The Morgan fingerprint density at radius 2 is 1.93 bits per heavy atom. The average molecular weight is 217 g/mol. The van der Waals surface area contributed by atoms with Crippen molar-refractivity contribution in [1.29, 1.82) is 0 Å². The fraction of sp³-hybridized carbons (Fsp3) is 1.00. The molecule has 0 amide bonds. The van der Waals surface area contributed by atoms with Crippen molar-refractivity contribution in [3.05, 3.63) is 0 Å². The predicted octanol–water partition coefficient (Wildman–Crippen LogP) is 1.92. The molecule has 1 aliphatic carbocycles. The second kappa shape index (κ2) is 5.86. The van der Waals surface area contributed by atoms with Crippen molar-refractivity contribution < 1.29 is 4.21 Å². The summed E-state index contributed by atoms with van der Waals surface area (Å²) in [5, 5.41) is 3.75. The average Bonchev–Trinajstić information content (AvgIpc) is 2.65. The van der Waals surface area contributed by atoms with Crippen molar-refractivity contribution in [1.82, 2.24) is 5.32 Å². The van der Waals surface area contributed by atoms with Gasteiger partial charge in [-0.1, -0.05) is 26.7 Å². The van der Waals surface area contributed by atoms with Crippen LogP contribution in [-0.2, 0) is 10.8 Å². The molecular formula is C11H23NOS. The standard InChI is InChI=1S/C11H23NOS/c1-9(2)11(12-3)8-14(13)10-6-4-5-7-10/h9-12H,4-8H2,1-3H3. The molecule has 1 rings (SSSR count). The molecule has 2 unspecified atom stereocenters. The zero-order chi connectivity index (χ0) is 10.6. The molecule has 0 aromatic heterocycles. The van der Waals surface area contributed by atoms with Gasteiger partial charge in [0.15, 0.2) is 0 Å². The van der Waals surface area contributed by atoms with Crippen molar-refractivity contribution in [3.63, 3.8) is 0 Å². The summed E-state index contributed by atoms with van der Waals surface area (Å²) < 4.78 is 12.0. The lowest BCUT2D eigenvalue weighted by molar-refractivity contribution is 0.461.